The van der Waals surface area contributed by atoms with Crippen molar-refractivity contribution in [1.29, 1.82) is 0 Å². The normalized spacial score (nSPS) is 10.2. The van der Waals surface area contributed by atoms with Crippen LogP contribution in [0.1, 0.15) is 15.9 Å². The summed E-state index contributed by atoms with van der Waals surface area (Å²) in [6.07, 6.45) is 0.896. The van der Waals surface area contributed by atoms with E-state index in [1.54, 1.807) is 36.4 Å². The molecule has 0 N–H and O–H groups in total. The Morgan fingerprint density at radius 1 is 1.09 bits per heavy atom. The fourth-order valence-corrected chi connectivity index (χ4v) is 2.28. The summed E-state index contributed by atoms with van der Waals surface area (Å²) in [5.41, 5.74) is 1.23. The van der Waals surface area contributed by atoms with E-state index in [-0.39, 0.29) is 18.8 Å². The molecule has 0 fully saturated rings. The van der Waals surface area contributed by atoms with Crippen molar-refractivity contribution >= 4 is 35.3 Å². The van der Waals surface area contributed by atoms with Crippen LogP contribution in [0.2, 0.25) is 10.0 Å². The molecular formula is C17H14Cl2O4. The number of halogens is 2. The van der Waals surface area contributed by atoms with Gasteiger partial charge in [0.1, 0.15) is 12.9 Å². The third kappa shape index (κ3) is 4.71. The molecule has 0 bridgehead atoms. The van der Waals surface area contributed by atoms with Gasteiger partial charge < -0.3 is 9.47 Å². The first kappa shape index (κ1) is 17.3. The molecule has 0 heterocycles. The number of hydrogen-bond donors (Lipinski definition) is 0. The molecule has 4 nitrogen and oxygen atoms in total. The Kier molecular flexibility index (Phi) is 6.02. The van der Waals surface area contributed by atoms with E-state index in [2.05, 4.69) is 0 Å². The summed E-state index contributed by atoms with van der Waals surface area (Å²) in [6, 6.07) is 9.77. The molecule has 6 heteroatoms. The van der Waals surface area contributed by atoms with Crippen molar-refractivity contribution in [2.24, 2.45) is 0 Å². The van der Waals surface area contributed by atoms with Gasteiger partial charge in [0, 0.05) is 12.0 Å². The number of carbonyl (C=O) groups excluding carboxylic acids is 2. The molecule has 0 aliphatic carbocycles. The lowest BCUT2D eigenvalue weighted by atomic mass is 10.1. The summed E-state index contributed by atoms with van der Waals surface area (Å²) in [5.74, 6) is 0.683. The minimum Gasteiger partial charge on any atom is -0.493 e. The topological polar surface area (TPSA) is 52.6 Å². The maximum absolute atomic E-state index is 12.0. The highest BCUT2D eigenvalue weighted by Crippen LogP contribution is 2.27. The van der Waals surface area contributed by atoms with Gasteiger partial charge in [-0.15, -0.1) is 0 Å². The summed E-state index contributed by atoms with van der Waals surface area (Å²) in [7, 11) is 1.47. The molecule has 2 aromatic carbocycles. The lowest BCUT2D eigenvalue weighted by molar-refractivity contribution is -0.120. The zero-order chi connectivity index (χ0) is 16.8. The number of ether oxygens (including phenoxy) is 2. The Hall–Kier alpha value is -2.04. The van der Waals surface area contributed by atoms with Gasteiger partial charge >= 0.3 is 0 Å². The van der Waals surface area contributed by atoms with Crippen molar-refractivity contribution in [2.75, 3.05) is 13.7 Å². The lowest BCUT2D eigenvalue weighted by Crippen LogP contribution is -2.14. The van der Waals surface area contributed by atoms with Crippen molar-refractivity contribution in [3.05, 3.63) is 57.6 Å². The van der Waals surface area contributed by atoms with Gasteiger partial charge in [0.25, 0.3) is 0 Å². The summed E-state index contributed by atoms with van der Waals surface area (Å²) in [6.45, 7) is -0.114. The van der Waals surface area contributed by atoms with Crippen LogP contribution < -0.4 is 9.47 Å². The second kappa shape index (κ2) is 7.99. The maximum atomic E-state index is 12.0. The fraction of sp³-hybridized carbons (Fsp3) is 0.176. The van der Waals surface area contributed by atoms with Crippen LogP contribution in [0, 0.1) is 0 Å². The maximum Gasteiger partial charge on any atom is 0.174 e. The lowest BCUT2D eigenvalue weighted by Gasteiger charge is -2.10. The first-order chi connectivity index (χ1) is 11.0. The number of methoxy groups -OCH3 is 1. The number of Topliss-reactive ketones (excluding diaryl/α,β-unsaturated/α-hetero) is 1. The van der Waals surface area contributed by atoms with Crippen molar-refractivity contribution in [1.82, 2.24) is 0 Å². The number of ketones is 1. The molecule has 0 aliphatic heterocycles. The molecule has 0 saturated heterocycles. The SMILES string of the molecule is COc1cc(C=O)ccc1OCC(=O)Cc1ccc(Cl)c(Cl)c1. The Morgan fingerprint density at radius 3 is 2.52 bits per heavy atom. The zero-order valence-corrected chi connectivity index (χ0v) is 13.9. The van der Waals surface area contributed by atoms with E-state index in [0.29, 0.717) is 33.4 Å². The number of carbonyl (C=O) groups is 2. The Labute approximate surface area is 143 Å². The molecule has 0 saturated carbocycles. The molecule has 2 aromatic rings. The third-order valence-corrected chi connectivity index (χ3v) is 3.84. The van der Waals surface area contributed by atoms with Crippen LogP contribution in [0.3, 0.4) is 0 Å². The van der Waals surface area contributed by atoms with E-state index in [0.717, 1.165) is 5.56 Å². The average Bonchev–Trinajstić information content (AvgIpc) is 2.56. The second-order valence-corrected chi connectivity index (χ2v) is 5.60. The van der Waals surface area contributed by atoms with Crippen LogP contribution in [0.15, 0.2) is 36.4 Å². The standard InChI is InChI=1S/C17H14Cl2O4/c1-22-17-8-12(9-20)3-5-16(17)23-10-13(21)6-11-2-4-14(18)15(19)7-11/h2-5,7-9H,6,10H2,1H3. The Balaban J connectivity index is 1.98. The molecule has 0 spiro atoms. The highest BCUT2D eigenvalue weighted by Gasteiger charge is 2.10. The van der Waals surface area contributed by atoms with Gasteiger partial charge in [-0.25, -0.2) is 0 Å². The number of aldehydes is 1. The summed E-state index contributed by atoms with van der Waals surface area (Å²) in [5, 5.41) is 0.850. The van der Waals surface area contributed by atoms with E-state index in [1.165, 1.54) is 7.11 Å². The van der Waals surface area contributed by atoms with Gasteiger partial charge in [-0.3, -0.25) is 9.59 Å². The molecule has 0 aliphatic rings. The van der Waals surface area contributed by atoms with Crippen LogP contribution in [-0.4, -0.2) is 25.8 Å². The van der Waals surface area contributed by atoms with Crippen molar-refractivity contribution in [3.63, 3.8) is 0 Å². The van der Waals surface area contributed by atoms with Crippen molar-refractivity contribution in [3.8, 4) is 11.5 Å². The van der Waals surface area contributed by atoms with Crippen LogP contribution in [0.4, 0.5) is 0 Å². The molecule has 0 aromatic heterocycles. The molecule has 0 atom stereocenters. The minimum absolute atomic E-state index is 0.114. The van der Waals surface area contributed by atoms with Gasteiger partial charge in [0.15, 0.2) is 17.3 Å². The number of benzene rings is 2. The van der Waals surface area contributed by atoms with Crippen LogP contribution >= 0.6 is 23.2 Å². The molecule has 2 rings (SSSR count). The van der Waals surface area contributed by atoms with Gasteiger partial charge in [-0.1, -0.05) is 29.3 Å². The average molecular weight is 353 g/mol. The van der Waals surface area contributed by atoms with Crippen LogP contribution in [-0.2, 0) is 11.2 Å². The largest absolute Gasteiger partial charge is 0.493 e. The van der Waals surface area contributed by atoms with E-state index in [4.69, 9.17) is 32.7 Å². The summed E-state index contributed by atoms with van der Waals surface area (Å²) in [4.78, 5) is 22.7. The highest BCUT2D eigenvalue weighted by molar-refractivity contribution is 6.42. The Morgan fingerprint density at radius 2 is 1.87 bits per heavy atom. The molecular weight excluding hydrogens is 339 g/mol. The smallest absolute Gasteiger partial charge is 0.174 e. The third-order valence-electron chi connectivity index (χ3n) is 3.10. The molecule has 0 radical (unpaired) electrons. The summed E-state index contributed by atoms with van der Waals surface area (Å²) < 4.78 is 10.6. The quantitative estimate of drug-likeness (QED) is 0.706. The van der Waals surface area contributed by atoms with Gasteiger partial charge in [0.05, 0.1) is 17.2 Å². The molecule has 0 amide bonds. The van der Waals surface area contributed by atoms with Crippen LogP contribution in [0.5, 0.6) is 11.5 Å². The van der Waals surface area contributed by atoms with Gasteiger partial charge in [-0.2, -0.15) is 0 Å². The fourth-order valence-electron chi connectivity index (χ4n) is 1.96. The summed E-state index contributed by atoms with van der Waals surface area (Å²) >= 11 is 11.8. The second-order valence-electron chi connectivity index (χ2n) is 4.78. The number of hydrogen-bond acceptors (Lipinski definition) is 4. The molecule has 23 heavy (non-hydrogen) atoms. The van der Waals surface area contributed by atoms with Crippen molar-refractivity contribution < 1.29 is 19.1 Å². The van der Waals surface area contributed by atoms with Gasteiger partial charge in [0.2, 0.25) is 0 Å². The van der Waals surface area contributed by atoms with Crippen molar-refractivity contribution in [2.45, 2.75) is 6.42 Å². The number of rotatable bonds is 7. The minimum atomic E-state index is -0.120. The van der Waals surface area contributed by atoms with Crippen LogP contribution in [0.25, 0.3) is 0 Å². The first-order valence-electron chi connectivity index (χ1n) is 6.75. The first-order valence-corrected chi connectivity index (χ1v) is 7.50. The highest BCUT2D eigenvalue weighted by atomic mass is 35.5. The molecule has 0 unspecified atom stereocenters. The zero-order valence-electron chi connectivity index (χ0n) is 12.3. The Bertz CT molecular complexity index is 729. The predicted octanol–water partition coefficient (Wildman–Crippen LogP) is 4.01. The van der Waals surface area contributed by atoms with E-state index in [9.17, 15) is 9.59 Å². The van der Waals surface area contributed by atoms with E-state index < -0.39 is 0 Å². The van der Waals surface area contributed by atoms with E-state index >= 15 is 0 Å². The molecule has 120 valence electrons. The predicted molar refractivity (Wildman–Crippen MR) is 89.0 cm³/mol. The van der Waals surface area contributed by atoms with Gasteiger partial charge in [-0.05, 0) is 35.9 Å². The monoisotopic (exact) mass is 352 g/mol. The van der Waals surface area contributed by atoms with E-state index in [1.807, 2.05) is 0 Å².